The number of aromatic carboxylic acids is 1. The highest BCUT2D eigenvalue weighted by Crippen LogP contribution is 2.29. The van der Waals surface area contributed by atoms with E-state index in [0.717, 1.165) is 0 Å². The Hall–Kier alpha value is -2.83. The van der Waals surface area contributed by atoms with Crippen LogP contribution < -0.4 is 0 Å². The predicted molar refractivity (Wildman–Crippen MR) is 96.5 cm³/mol. The van der Waals surface area contributed by atoms with Gasteiger partial charge in [0.2, 0.25) is 5.91 Å². The lowest BCUT2D eigenvalue weighted by atomic mass is 9.97. The molecule has 7 heteroatoms. The SMILES string of the molecule is CCC(c1ccc(Cc2cncc(C(=O)O)c2)c(F)c1F)N(CC)C(C)=O. The molecule has 1 atom stereocenters. The van der Waals surface area contributed by atoms with Crippen molar-refractivity contribution in [2.75, 3.05) is 6.54 Å². The van der Waals surface area contributed by atoms with E-state index in [1.807, 2.05) is 6.92 Å². The van der Waals surface area contributed by atoms with Gasteiger partial charge in [0, 0.05) is 37.8 Å². The second-order valence-electron chi connectivity index (χ2n) is 6.23. The molecule has 1 unspecified atom stereocenters. The number of benzene rings is 1. The van der Waals surface area contributed by atoms with Crippen molar-refractivity contribution < 1.29 is 23.5 Å². The Kier molecular flexibility index (Phi) is 6.60. The number of rotatable bonds is 7. The van der Waals surface area contributed by atoms with E-state index in [9.17, 15) is 18.4 Å². The summed E-state index contributed by atoms with van der Waals surface area (Å²) in [4.78, 5) is 28.1. The monoisotopic (exact) mass is 376 g/mol. The first kappa shape index (κ1) is 20.5. The number of nitrogens with zero attached hydrogens (tertiary/aromatic N) is 2. The highest BCUT2D eigenvalue weighted by molar-refractivity contribution is 5.87. The number of carbonyl (C=O) groups excluding carboxylic acids is 1. The Morgan fingerprint density at radius 2 is 1.89 bits per heavy atom. The van der Waals surface area contributed by atoms with Gasteiger partial charge in [-0.15, -0.1) is 0 Å². The van der Waals surface area contributed by atoms with Crippen LogP contribution in [0.5, 0.6) is 0 Å². The van der Waals surface area contributed by atoms with Gasteiger partial charge in [0.05, 0.1) is 11.6 Å². The van der Waals surface area contributed by atoms with Crippen molar-refractivity contribution in [3.05, 3.63) is 64.5 Å². The van der Waals surface area contributed by atoms with E-state index in [1.165, 1.54) is 42.4 Å². The van der Waals surface area contributed by atoms with Crippen LogP contribution in [0.2, 0.25) is 0 Å². The van der Waals surface area contributed by atoms with Crippen molar-refractivity contribution in [2.45, 2.75) is 39.7 Å². The number of halogens is 2. The van der Waals surface area contributed by atoms with Crippen LogP contribution in [-0.4, -0.2) is 33.4 Å². The molecule has 0 saturated heterocycles. The van der Waals surface area contributed by atoms with E-state index < -0.39 is 23.6 Å². The van der Waals surface area contributed by atoms with Gasteiger partial charge in [-0.05, 0) is 30.5 Å². The largest absolute Gasteiger partial charge is 0.478 e. The van der Waals surface area contributed by atoms with E-state index in [1.54, 1.807) is 6.92 Å². The summed E-state index contributed by atoms with van der Waals surface area (Å²) >= 11 is 0. The van der Waals surface area contributed by atoms with Crippen molar-refractivity contribution in [1.29, 1.82) is 0 Å². The van der Waals surface area contributed by atoms with Crippen LogP contribution >= 0.6 is 0 Å². The highest BCUT2D eigenvalue weighted by Gasteiger charge is 2.25. The molecule has 1 aromatic heterocycles. The van der Waals surface area contributed by atoms with Crippen molar-refractivity contribution in [2.24, 2.45) is 0 Å². The normalized spacial score (nSPS) is 11.9. The maximum absolute atomic E-state index is 14.7. The zero-order chi connectivity index (χ0) is 20.1. The molecular weight excluding hydrogens is 354 g/mol. The standard InChI is InChI=1S/C20H22F2N2O3/c1-4-17(24(5-2)12(3)25)16-7-6-14(18(21)19(16)22)8-13-9-15(20(26)27)11-23-10-13/h6-7,9-11,17H,4-5,8H2,1-3H3,(H,26,27). The minimum atomic E-state index is -1.14. The highest BCUT2D eigenvalue weighted by atomic mass is 19.2. The molecule has 0 spiro atoms. The van der Waals surface area contributed by atoms with Gasteiger partial charge < -0.3 is 10.0 Å². The summed E-state index contributed by atoms with van der Waals surface area (Å²) in [5.41, 5.74) is 0.678. The van der Waals surface area contributed by atoms with Gasteiger partial charge in [-0.25, -0.2) is 13.6 Å². The quantitative estimate of drug-likeness (QED) is 0.794. The summed E-state index contributed by atoms with van der Waals surface area (Å²) in [5.74, 6) is -3.32. The van der Waals surface area contributed by atoms with E-state index in [0.29, 0.717) is 18.5 Å². The first-order valence-corrected chi connectivity index (χ1v) is 8.71. The van der Waals surface area contributed by atoms with Crippen molar-refractivity contribution in [1.82, 2.24) is 9.88 Å². The van der Waals surface area contributed by atoms with Crippen LogP contribution in [-0.2, 0) is 11.2 Å². The first-order valence-electron chi connectivity index (χ1n) is 8.71. The smallest absolute Gasteiger partial charge is 0.337 e. The molecule has 2 aromatic rings. The maximum atomic E-state index is 14.7. The van der Waals surface area contributed by atoms with E-state index in [-0.39, 0.29) is 29.0 Å². The van der Waals surface area contributed by atoms with E-state index in [4.69, 9.17) is 5.11 Å². The molecule has 0 aliphatic carbocycles. The summed E-state index contributed by atoms with van der Waals surface area (Å²) in [7, 11) is 0. The Morgan fingerprint density at radius 1 is 1.19 bits per heavy atom. The molecule has 2 rings (SSSR count). The molecule has 0 radical (unpaired) electrons. The molecule has 1 amide bonds. The van der Waals surface area contributed by atoms with Crippen molar-refractivity contribution >= 4 is 11.9 Å². The van der Waals surface area contributed by atoms with Gasteiger partial charge in [0.15, 0.2) is 11.6 Å². The number of hydrogen-bond donors (Lipinski definition) is 1. The Morgan fingerprint density at radius 3 is 2.44 bits per heavy atom. The van der Waals surface area contributed by atoms with Gasteiger partial charge in [-0.2, -0.15) is 0 Å². The van der Waals surface area contributed by atoms with Gasteiger partial charge >= 0.3 is 5.97 Å². The van der Waals surface area contributed by atoms with Crippen LogP contribution in [0, 0.1) is 11.6 Å². The first-order chi connectivity index (χ1) is 12.8. The summed E-state index contributed by atoms with van der Waals surface area (Å²) < 4.78 is 29.4. The number of hydrogen-bond acceptors (Lipinski definition) is 3. The third-order valence-corrected chi connectivity index (χ3v) is 4.50. The molecule has 0 fully saturated rings. The predicted octanol–water partition coefficient (Wildman–Crippen LogP) is 3.97. The Bertz CT molecular complexity index is 855. The van der Waals surface area contributed by atoms with Crippen LogP contribution in [0.4, 0.5) is 8.78 Å². The maximum Gasteiger partial charge on any atom is 0.337 e. The Balaban J connectivity index is 2.38. The van der Waals surface area contributed by atoms with Crippen LogP contribution in [0.1, 0.15) is 60.3 Å². The fraction of sp³-hybridized carbons (Fsp3) is 0.350. The number of amides is 1. The lowest BCUT2D eigenvalue weighted by molar-refractivity contribution is -0.131. The van der Waals surface area contributed by atoms with Gasteiger partial charge in [-0.3, -0.25) is 9.78 Å². The number of pyridine rings is 1. The molecule has 1 heterocycles. The number of carbonyl (C=O) groups is 2. The molecule has 1 N–H and O–H groups in total. The summed E-state index contributed by atoms with van der Waals surface area (Å²) in [6.07, 6.45) is 3.08. The molecule has 0 saturated carbocycles. The molecule has 1 aromatic carbocycles. The van der Waals surface area contributed by atoms with Gasteiger partial charge in [0.25, 0.3) is 0 Å². The number of aromatic nitrogens is 1. The van der Waals surface area contributed by atoms with Crippen LogP contribution in [0.3, 0.4) is 0 Å². The third-order valence-electron chi connectivity index (χ3n) is 4.50. The second kappa shape index (κ2) is 8.70. The Labute approximate surface area is 156 Å². The zero-order valence-electron chi connectivity index (χ0n) is 15.5. The molecule has 5 nitrogen and oxygen atoms in total. The zero-order valence-corrected chi connectivity index (χ0v) is 15.5. The number of carboxylic acids is 1. The summed E-state index contributed by atoms with van der Waals surface area (Å²) in [5, 5.41) is 9.01. The second-order valence-corrected chi connectivity index (χ2v) is 6.23. The molecule has 0 aliphatic rings. The average molecular weight is 376 g/mol. The summed E-state index contributed by atoms with van der Waals surface area (Å²) in [6.45, 7) is 5.39. The van der Waals surface area contributed by atoms with Crippen LogP contribution in [0.25, 0.3) is 0 Å². The lowest BCUT2D eigenvalue weighted by Gasteiger charge is -2.30. The molecule has 27 heavy (non-hydrogen) atoms. The fourth-order valence-corrected chi connectivity index (χ4v) is 3.19. The van der Waals surface area contributed by atoms with Gasteiger partial charge in [-0.1, -0.05) is 19.1 Å². The van der Waals surface area contributed by atoms with E-state index >= 15 is 0 Å². The summed E-state index contributed by atoms with van der Waals surface area (Å²) in [6, 6.07) is 3.79. The molecular formula is C20H22F2N2O3. The lowest BCUT2D eigenvalue weighted by Crippen LogP contribution is -2.33. The van der Waals surface area contributed by atoms with E-state index in [2.05, 4.69) is 4.98 Å². The molecule has 0 bridgehead atoms. The van der Waals surface area contributed by atoms with Crippen molar-refractivity contribution in [3.8, 4) is 0 Å². The van der Waals surface area contributed by atoms with Crippen molar-refractivity contribution in [3.63, 3.8) is 0 Å². The number of carboxylic acid groups (broad SMARTS) is 1. The third kappa shape index (κ3) is 4.48. The average Bonchev–Trinajstić information content (AvgIpc) is 2.64. The topological polar surface area (TPSA) is 70.5 Å². The molecule has 144 valence electrons. The van der Waals surface area contributed by atoms with Crippen LogP contribution in [0.15, 0.2) is 30.6 Å². The minimum absolute atomic E-state index is 0.0120. The van der Waals surface area contributed by atoms with Gasteiger partial charge in [0.1, 0.15) is 0 Å². The fourth-order valence-electron chi connectivity index (χ4n) is 3.19. The minimum Gasteiger partial charge on any atom is -0.478 e. The molecule has 0 aliphatic heterocycles.